The normalized spacial score (nSPS) is 9.33. The molecule has 18 heavy (non-hydrogen) atoms. The summed E-state index contributed by atoms with van der Waals surface area (Å²) < 4.78 is 3.31. The maximum absolute atomic E-state index is 9.49. The van der Waals surface area contributed by atoms with Crippen LogP contribution in [0.2, 0.25) is 13.8 Å². The van der Waals surface area contributed by atoms with E-state index in [2.05, 4.69) is 25.4 Å². The molecule has 0 aromatic carbocycles. The van der Waals surface area contributed by atoms with Crippen molar-refractivity contribution in [1.29, 1.82) is 0 Å². The van der Waals surface area contributed by atoms with E-state index in [4.69, 9.17) is 0 Å². The predicted molar refractivity (Wildman–Crippen MR) is 80.1 cm³/mol. The number of rotatable bonds is 9. The molecule has 0 unspecified atom stereocenters. The molecule has 0 aliphatic rings. The van der Waals surface area contributed by atoms with Gasteiger partial charge in [-0.3, -0.25) is 0 Å². The summed E-state index contributed by atoms with van der Waals surface area (Å²) in [5.41, 5.74) is 0.0648. The van der Waals surface area contributed by atoms with Gasteiger partial charge in [0, 0.05) is 0 Å². The molecule has 0 heterocycles. The Kier molecular flexibility index (Phi) is 17.0. The summed E-state index contributed by atoms with van der Waals surface area (Å²) in [5.74, 6) is -1.19. The number of hydrogen-bond donors (Lipinski definition) is 0. The van der Waals surface area contributed by atoms with E-state index in [0.29, 0.717) is 0 Å². The summed E-state index contributed by atoms with van der Waals surface area (Å²) in [6.45, 7) is 9.08. The molecule has 0 rings (SSSR count). The molecule has 0 amide bonds. The van der Waals surface area contributed by atoms with Gasteiger partial charge < -0.3 is 9.90 Å². The zero-order valence-corrected chi connectivity index (χ0v) is 15.5. The third kappa shape index (κ3) is 18.4. The quantitative estimate of drug-likeness (QED) is 0.356. The van der Waals surface area contributed by atoms with Gasteiger partial charge in [-0.1, -0.05) is 6.58 Å². The van der Waals surface area contributed by atoms with E-state index in [9.17, 15) is 9.90 Å². The van der Waals surface area contributed by atoms with Gasteiger partial charge in [-0.25, -0.2) is 0 Å². The van der Waals surface area contributed by atoms with Crippen LogP contribution in [0.15, 0.2) is 12.2 Å². The van der Waals surface area contributed by atoms with Gasteiger partial charge in [-0.15, -0.1) is 0 Å². The average Bonchev–Trinajstić information content (AvgIpc) is 2.30. The zero-order chi connectivity index (χ0) is 14.4. The van der Waals surface area contributed by atoms with Crippen molar-refractivity contribution in [3.8, 4) is 0 Å². The van der Waals surface area contributed by atoms with Crippen molar-refractivity contribution in [3.05, 3.63) is 12.2 Å². The van der Waals surface area contributed by atoms with Gasteiger partial charge in [0.15, 0.2) is 0 Å². The number of carbonyl (C=O) groups is 1. The first-order valence-electron chi connectivity index (χ1n) is 7.13. The molecular weight excluding hydrogens is 331 g/mol. The van der Waals surface area contributed by atoms with Crippen LogP contribution in [0.1, 0.15) is 59.3 Å². The van der Waals surface area contributed by atoms with Crippen molar-refractivity contribution >= 4 is 25.7 Å². The van der Waals surface area contributed by atoms with Crippen molar-refractivity contribution < 1.29 is 9.90 Å². The Morgan fingerprint density at radius 2 is 1.39 bits per heavy atom. The Morgan fingerprint density at radius 1 is 1.06 bits per heavy atom. The van der Waals surface area contributed by atoms with Crippen LogP contribution >= 0.6 is 0 Å². The topological polar surface area (TPSA) is 40.1 Å². The molecule has 0 aromatic rings. The third-order valence-electron chi connectivity index (χ3n) is 2.76. The van der Waals surface area contributed by atoms with E-state index in [0.717, 1.165) is 0 Å². The van der Waals surface area contributed by atoms with Crippen molar-refractivity contribution in [2.24, 2.45) is 0 Å². The zero-order valence-electron chi connectivity index (χ0n) is 12.7. The molecule has 0 saturated carbocycles. The number of aliphatic carboxylic acids is 1. The van der Waals surface area contributed by atoms with E-state index in [1.165, 1.54) is 45.4 Å². The van der Waals surface area contributed by atoms with E-state index < -0.39 is 25.7 Å². The van der Waals surface area contributed by atoms with Crippen molar-refractivity contribution in [3.63, 3.8) is 0 Å². The van der Waals surface area contributed by atoms with Gasteiger partial charge >= 0.3 is 85.9 Å². The first kappa shape index (κ1) is 20.3. The first-order valence-corrected chi connectivity index (χ1v) is 14.0. The summed E-state index contributed by atoms with van der Waals surface area (Å²) in [4.78, 5) is 12.1. The molecule has 0 atom stereocenters. The van der Waals surface area contributed by atoms with Gasteiger partial charge in [-0.2, -0.15) is 0 Å². The number of carboxylic acid groups (broad SMARTS) is 1. The second-order valence-corrected chi connectivity index (χ2v) is 13.3. The summed E-state index contributed by atoms with van der Waals surface area (Å²) in [5, 5.41) is 9.49. The number of carboxylic acids is 1. The van der Waals surface area contributed by atoms with Crippen molar-refractivity contribution in [2.75, 3.05) is 0 Å². The molecule has 0 fully saturated rings. The fourth-order valence-corrected chi connectivity index (χ4v) is 7.06. The second kappa shape index (κ2) is 15.1. The maximum atomic E-state index is 9.49. The average molecular weight is 361 g/mol. The molecule has 3 heteroatoms. The van der Waals surface area contributed by atoms with E-state index in [-0.39, 0.29) is 5.57 Å². The van der Waals surface area contributed by atoms with Gasteiger partial charge in [0.2, 0.25) is 0 Å². The Labute approximate surface area is 121 Å². The molecular formula is C15H30O2Sn. The molecule has 0 N–H and O–H groups in total. The molecule has 2 nitrogen and oxygen atoms in total. The molecule has 0 spiro atoms. The Hall–Kier alpha value is 0.00870. The Morgan fingerprint density at radius 3 is 1.61 bits per heavy atom. The standard InChI is InChI=1S/2C5H11.C4H6O2.CH3.Sn/c2*1-3-5-4-2;1-3(2)4(5)6;;/h2*1,3-5H2,2H3;1H2,2H3,(H,5,6);1H3;/q;;;;+1/p-1. The van der Waals surface area contributed by atoms with Crippen molar-refractivity contribution in [1.82, 2.24) is 0 Å². The van der Waals surface area contributed by atoms with Crippen LogP contribution in [0, 0.1) is 0 Å². The molecule has 0 bridgehead atoms. The third-order valence-corrected chi connectivity index (χ3v) is 9.65. The predicted octanol–water partition coefficient (Wildman–Crippen LogP) is 3.80. The molecule has 0 aromatic heterocycles. The molecule has 0 saturated heterocycles. The summed E-state index contributed by atoms with van der Waals surface area (Å²) in [7, 11) is 0. The van der Waals surface area contributed by atoms with Crippen LogP contribution in [0.3, 0.4) is 0 Å². The van der Waals surface area contributed by atoms with Crippen LogP contribution < -0.4 is 5.11 Å². The minimum atomic E-state index is -1.19. The van der Waals surface area contributed by atoms with Gasteiger partial charge in [0.1, 0.15) is 0 Å². The SMILES string of the molecule is C=C(C)C(=O)[O-].CCCC[CH2][Sn+]([CH3])[CH2]CCCC. The number of hydrogen-bond acceptors (Lipinski definition) is 2. The van der Waals surface area contributed by atoms with Crippen LogP contribution in [-0.4, -0.2) is 25.7 Å². The summed E-state index contributed by atoms with van der Waals surface area (Å²) in [6.07, 6.45) is 8.82. The number of unbranched alkanes of at least 4 members (excludes halogenated alkanes) is 4. The molecule has 0 radical (unpaired) electrons. The summed E-state index contributed by atoms with van der Waals surface area (Å²) in [6, 6.07) is 0. The monoisotopic (exact) mass is 362 g/mol. The number of carbonyl (C=O) groups excluding carboxylic acids is 1. The van der Waals surface area contributed by atoms with Gasteiger partial charge in [0.05, 0.1) is 5.97 Å². The van der Waals surface area contributed by atoms with Crippen LogP contribution in [-0.2, 0) is 4.79 Å². The fourth-order valence-electron chi connectivity index (χ4n) is 1.48. The van der Waals surface area contributed by atoms with Crippen LogP contribution in [0.5, 0.6) is 0 Å². The molecule has 106 valence electrons. The van der Waals surface area contributed by atoms with Crippen LogP contribution in [0.25, 0.3) is 0 Å². The van der Waals surface area contributed by atoms with E-state index >= 15 is 0 Å². The Balaban J connectivity index is 0. The molecule has 0 aliphatic heterocycles. The van der Waals surface area contributed by atoms with E-state index in [1.54, 1.807) is 8.87 Å². The summed E-state index contributed by atoms with van der Waals surface area (Å²) >= 11 is -0.781. The molecule has 0 aliphatic carbocycles. The minimum absolute atomic E-state index is 0.0648. The first-order chi connectivity index (χ1) is 8.45. The Bertz CT molecular complexity index is 193. The van der Waals surface area contributed by atoms with E-state index in [1.807, 2.05) is 0 Å². The van der Waals surface area contributed by atoms with Gasteiger partial charge in [-0.05, 0) is 12.5 Å². The van der Waals surface area contributed by atoms with Gasteiger partial charge in [0.25, 0.3) is 0 Å². The van der Waals surface area contributed by atoms with Crippen LogP contribution in [0.4, 0.5) is 0 Å². The fraction of sp³-hybridized carbons (Fsp3) is 0.800. The van der Waals surface area contributed by atoms with Crippen molar-refractivity contribution in [2.45, 2.75) is 73.1 Å². The second-order valence-electron chi connectivity index (χ2n) is 4.94.